The number of ether oxygens (including phenoxy) is 1. The van der Waals surface area contributed by atoms with Crippen LogP contribution >= 0.6 is 0 Å². The van der Waals surface area contributed by atoms with Crippen molar-refractivity contribution in [1.29, 1.82) is 0 Å². The number of aliphatic hydroxyl groups is 1. The van der Waals surface area contributed by atoms with Gasteiger partial charge in [-0.05, 0) is 56.7 Å². The van der Waals surface area contributed by atoms with Crippen LogP contribution in [0, 0.1) is 13.8 Å². The van der Waals surface area contributed by atoms with Crippen molar-refractivity contribution in [2.45, 2.75) is 32.9 Å². The zero-order valence-corrected chi connectivity index (χ0v) is 16.0. The van der Waals surface area contributed by atoms with Gasteiger partial charge in [0.2, 0.25) is 0 Å². The molecule has 27 heavy (non-hydrogen) atoms. The Morgan fingerprint density at radius 3 is 2.48 bits per heavy atom. The van der Waals surface area contributed by atoms with Gasteiger partial charge in [0, 0.05) is 11.1 Å². The van der Waals surface area contributed by atoms with Crippen molar-refractivity contribution in [2.24, 2.45) is 0 Å². The first-order valence-electron chi connectivity index (χ1n) is 8.90. The fourth-order valence-electron chi connectivity index (χ4n) is 3.11. The lowest BCUT2D eigenvalue weighted by Gasteiger charge is -2.21. The fourth-order valence-corrected chi connectivity index (χ4v) is 3.11. The zero-order valence-electron chi connectivity index (χ0n) is 16.0. The Morgan fingerprint density at radius 1 is 1.11 bits per heavy atom. The second-order valence-electron chi connectivity index (χ2n) is 6.81. The molecule has 1 aromatic heterocycles. The van der Waals surface area contributed by atoms with Gasteiger partial charge in [-0.3, -0.25) is 9.78 Å². The Balaban J connectivity index is 1.83. The first kappa shape index (κ1) is 18.9. The third-order valence-corrected chi connectivity index (χ3v) is 4.63. The van der Waals surface area contributed by atoms with Gasteiger partial charge >= 0.3 is 0 Å². The summed E-state index contributed by atoms with van der Waals surface area (Å²) in [6, 6.07) is 14.3. The van der Waals surface area contributed by atoms with Crippen LogP contribution in [0.4, 0.5) is 0 Å². The van der Waals surface area contributed by atoms with Crippen LogP contribution < -0.4 is 10.1 Å². The van der Waals surface area contributed by atoms with Gasteiger partial charge in [0.05, 0.1) is 30.3 Å². The molecular formula is C22H24N2O3. The number of benzene rings is 2. The minimum atomic E-state index is -0.823. The maximum atomic E-state index is 12.9. The molecule has 0 radical (unpaired) electrons. The van der Waals surface area contributed by atoms with Crippen LogP contribution in [0.2, 0.25) is 0 Å². The maximum Gasteiger partial charge on any atom is 0.252 e. The highest BCUT2D eigenvalue weighted by molar-refractivity contribution is 6.06. The van der Waals surface area contributed by atoms with E-state index in [-0.39, 0.29) is 5.91 Å². The zero-order chi connectivity index (χ0) is 19.6. The van der Waals surface area contributed by atoms with E-state index >= 15 is 0 Å². The highest BCUT2D eigenvalue weighted by Gasteiger charge is 2.21. The monoisotopic (exact) mass is 364 g/mol. The summed E-state index contributed by atoms with van der Waals surface area (Å²) in [6.07, 6.45) is -0.823. The van der Waals surface area contributed by atoms with Gasteiger partial charge in [0.25, 0.3) is 5.91 Å². The van der Waals surface area contributed by atoms with Crippen molar-refractivity contribution >= 4 is 16.8 Å². The first-order chi connectivity index (χ1) is 12.9. The number of aryl methyl sites for hydroxylation is 2. The van der Waals surface area contributed by atoms with Gasteiger partial charge in [0.1, 0.15) is 5.75 Å². The molecule has 1 amide bonds. The van der Waals surface area contributed by atoms with Gasteiger partial charge in [-0.1, -0.05) is 23.8 Å². The lowest BCUT2D eigenvalue weighted by molar-refractivity contribution is 0.0853. The number of rotatable bonds is 5. The SMILES string of the molecule is COc1ccc([C@H](O)[C@H](C)NC(=O)c2cc(C)nc3ccc(C)cc23)cc1. The average Bonchev–Trinajstić information content (AvgIpc) is 2.67. The Labute approximate surface area is 159 Å². The quantitative estimate of drug-likeness (QED) is 0.724. The second-order valence-corrected chi connectivity index (χ2v) is 6.81. The molecule has 0 aliphatic heterocycles. The van der Waals surface area contributed by atoms with E-state index < -0.39 is 12.1 Å². The standard InChI is InChI=1S/C22H24N2O3/c1-13-5-10-20-18(11-13)19(12-14(2)23-20)22(26)24-15(3)21(25)16-6-8-17(27-4)9-7-16/h5-12,15,21,25H,1-4H3,(H,24,26)/t15-,21+/m0/s1. The van der Waals surface area contributed by atoms with E-state index in [1.807, 2.05) is 32.0 Å². The minimum absolute atomic E-state index is 0.226. The summed E-state index contributed by atoms with van der Waals surface area (Å²) >= 11 is 0. The van der Waals surface area contributed by atoms with E-state index in [0.717, 1.165) is 33.5 Å². The molecule has 0 saturated heterocycles. The van der Waals surface area contributed by atoms with Gasteiger partial charge in [-0.25, -0.2) is 0 Å². The van der Waals surface area contributed by atoms with Crippen molar-refractivity contribution in [3.63, 3.8) is 0 Å². The van der Waals surface area contributed by atoms with Gasteiger partial charge < -0.3 is 15.2 Å². The molecule has 0 saturated carbocycles. The molecule has 1 heterocycles. The lowest BCUT2D eigenvalue weighted by Crippen LogP contribution is -2.37. The maximum absolute atomic E-state index is 12.9. The number of fused-ring (bicyclic) bond motifs is 1. The van der Waals surface area contributed by atoms with E-state index in [1.165, 1.54) is 0 Å². The smallest absolute Gasteiger partial charge is 0.252 e. The third kappa shape index (κ3) is 4.09. The molecule has 5 heteroatoms. The number of hydrogen-bond donors (Lipinski definition) is 2. The first-order valence-corrected chi connectivity index (χ1v) is 8.90. The molecule has 2 N–H and O–H groups in total. The normalized spacial score (nSPS) is 13.2. The lowest BCUT2D eigenvalue weighted by atomic mass is 10.0. The third-order valence-electron chi connectivity index (χ3n) is 4.63. The number of nitrogens with one attached hydrogen (secondary N) is 1. The van der Waals surface area contributed by atoms with Gasteiger partial charge in [0.15, 0.2) is 0 Å². The van der Waals surface area contributed by atoms with E-state index in [0.29, 0.717) is 5.56 Å². The number of amides is 1. The number of pyridine rings is 1. The summed E-state index contributed by atoms with van der Waals surface area (Å²) < 4.78 is 5.14. The van der Waals surface area contributed by atoms with E-state index in [2.05, 4.69) is 10.3 Å². The number of carbonyl (C=O) groups is 1. The largest absolute Gasteiger partial charge is 0.497 e. The average molecular weight is 364 g/mol. The highest BCUT2D eigenvalue weighted by Crippen LogP contribution is 2.23. The predicted octanol–water partition coefficient (Wildman–Crippen LogP) is 3.71. The number of hydrogen-bond acceptors (Lipinski definition) is 4. The predicted molar refractivity (Wildman–Crippen MR) is 106 cm³/mol. The van der Waals surface area contributed by atoms with Crippen molar-refractivity contribution in [3.05, 3.63) is 70.9 Å². The number of methoxy groups -OCH3 is 1. The van der Waals surface area contributed by atoms with Crippen LogP contribution in [0.15, 0.2) is 48.5 Å². The molecular weight excluding hydrogens is 340 g/mol. The summed E-state index contributed by atoms with van der Waals surface area (Å²) in [4.78, 5) is 17.4. The Hall–Kier alpha value is -2.92. The van der Waals surface area contributed by atoms with Crippen LogP contribution in [0.1, 0.15) is 40.2 Å². The molecule has 3 rings (SSSR count). The fraction of sp³-hybridized carbons (Fsp3) is 0.273. The molecule has 0 fully saturated rings. The Morgan fingerprint density at radius 2 is 1.81 bits per heavy atom. The molecule has 2 atom stereocenters. The van der Waals surface area contributed by atoms with Crippen molar-refractivity contribution in [3.8, 4) is 5.75 Å². The molecule has 3 aromatic rings. The number of aromatic nitrogens is 1. The van der Waals surface area contributed by atoms with Crippen LogP contribution in [0.5, 0.6) is 5.75 Å². The summed E-state index contributed by atoms with van der Waals surface area (Å²) in [6.45, 7) is 5.64. The van der Waals surface area contributed by atoms with E-state index in [9.17, 15) is 9.90 Å². The summed E-state index contributed by atoms with van der Waals surface area (Å²) in [7, 11) is 1.59. The molecule has 0 spiro atoms. The molecule has 2 aromatic carbocycles. The van der Waals surface area contributed by atoms with Crippen LogP contribution in [0.3, 0.4) is 0 Å². The highest BCUT2D eigenvalue weighted by atomic mass is 16.5. The molecule has 0 aliphatic carbocycles. The summed E-state index contributed by atoms with van der Waals surface area (Å²) in [5, 5.41) is 14.3. The Bertz CT molecular complexity index is 967. The van der Waals surface area contributed by atoms with Crippen molar-refractivity contribution in [1.82, 2.24) is 10.3 Å². The van der Waals surface area contributed by atoms with Crippen LogP contribution in [-0.4, -0.2) is 29.1 Å². The Kier molecular flexibility index (Phi) is 5.42. The van der Waals surface area contributed by atoms with Crippen molar-refractivity contribution in [2.75, 3.05) is 7.11 Å². The minimum Gasteiger partial charge on any atom is -0.497 e. The molecule has 0 aliphatic rings. The summed E-state index contributed by atoms with van der Waals surface area (Å²) in [5.41, 5.74) is 3.91. The molecule has 140 valence electrons. The topological polar surface area (TPSA) is 71.5 Å². The molecule has 0 bridgehead atoms. The van der Waals surface area contributed by atoms with Crippen LogP contribution in [-0.2, 0) is 0 Å². The van der Waals surface area contributed by atoms with Gasteiger partial charge in [-0.15, -0.1) is 0 Å². The van der Waals surface area contributed by atoms with Gasteiger partial charge in [-0.2, -0.15) is 0 Å². The number of carbonyl (C=O) groups excluding carboxylic acids is 1. The molecule has 0 unspecified atom stereocenters. The van der Waals surface area contributed by atoms with E-state index in [4.69, 9.17) is 4.74 Å². The van der Waals surface area contributed by atoms with Crippen LogP contribution in [0.25, 0.3) is 10.9 Å². The second kappa shape index (κ2) is 7.76. The number of nitrogens with zero attached hydrogens (tertiary/aromatic N) is 1. The summed E-state index contributed by atoms with van der Waals surface area (Å²) in [5.74, 6) is 0.493. The van der Waals surface area contributed by atoms with E-state index in [1.54, 1.807) is 44.4 Å². The van der Waals surface area contributed by atoms with Crippen molar-refractivity contribution < 1.29 is 14.6 Å². The number of aliphatic hydroxyl groups excluding tert-OH is 1. The molecule has 5 nitrogen and oxygen atoms in total.